The summed E-state index contributed by atoms with van der Waals surface area (Å²) < 4.78 is 3.39. The summed E-state index contributed by atoms with van der Waals surface area (Å²) in [4.78, 5) is 12.7. The van der Waals surface area contributed by atoms with Crippen LogP contribution in [0.3, 0.4) is 0 Å². The third kappa shape index (κ3) is 2.78. The maximum Gasteiger partial charge on any atom is 0.350 e. The van der Waals surface area contributed by atoms with Crippen molar-refractivity contribution in [1.82, 2.24) is 19.7 Å². The van der Waals surface area contributed by atoms with Crippen LogP contribution in [0.2, 0.25) is 0 Å². The lowest BCUT2D eigenvalue weighted by Gasteiger charge is -2.22. The lowest BCUT2D eigenvalue weighted by molar-refractivity contribution is 0.438. The molecule has 0 amide bonds. The highest BCUT2D eigenvalue weighted by atomic mass is 16.2. The minimum absolute atomic E-state index is 0.0244. The number of aromatic nitrogens is 3. The molecule has 1 atom stereocenters. The molecule has 5 nitrogen and oxygen atoms in total. The van der Waals surface area contributed by atoms with Crippen LogP contribution in [-0.4, -0.2) is 27.4 Å². The van der Waals surface area contributed by atoms with E-state index in [4.69, 9.17) is 0 Å². The second kappa shape index (κ2) is 6.26. The largest absolute Gasteiger partial charge is 0.350 e. The molecule has 0 spiro atoms. The fourth-order valence-corrected chi connectivity index (χ4v) is 2.94. The fraction of sp³-hybridized carbons (Fsp3) is 0.500. The molecule has 1 fully saturated rings. The monoisotopic (exact) mass is 286 g/mol. The second-order valence-electron chi connectivity index (χ2n) is 5.58. The van der Waals surface area contributed by atoms with Crippen LogP contribution in [-0.2, 0) is 6.54 Å². The quantitative estimate of drug-likeness (QED) is 0.934. The Kier molecular flexibility index (Phi) is 4.20. The van der Waals surface area contributed by atoms with Crippen molar-refractivity contribution in [3.8, 4) is 5.69 Å². The van der Waals surface area contributed by atoms with Crippen LogP contribution < -0.4 is 11.0 Å². The number of aryl methyl sites for hydroxylation is 1. The van der Waals surface area contributed by atoms with Gasteiger partial charge in [-0.05, 0) is 37.9 Å². The summed E-state index contributed by atoms with van der Waals surface area (Å²) in [5, 5.41) is 8.03. The normalized spacial score (nSPS) is 18.8. The number of nitrogens with one attached hydrogen (secondary N) is 1. The summed E-state index contributed by atoms with van der Waals surface area (Å²) in [6, 6.07) is 9.83. The molecule has 0 aliphatic carbocycles. The zero-order chi connectivity index (χ0) is 14.7. The topological polar surface area (TPSA) is 51.9 Å². The summed E-state index contributed by atoms with van der Waals surface area (Å²) in [5.74, 6) is 1.21. The minimum Gasteiger partial charge on any atom is -0.316 e. The Labute approximate surface area is 124 Å². The van der Waals surface area contributed by atoms with Gasteiger partial charge < -0.3 is 5.32 Å². The maximum atomic E-state index is 12.7. The number of rotatable bonds is 4. The average molecular weight is 286 g/mol. The van der Waals surface area contributed by atoms with Gasteiger partial charge in [0, 0.05) is 19.0 Å². The van der Waals surface area contributed by atoms with Gasteiger partial charge in [-0.25, -0.2) is 14.0 Å². The highest BCUT2D eigenvalue weighted by Gasteiger charge is 2.24. The summed E-state index contributed by atoms with van der Waals surface area (Å²) in [5.41, 5.74) is 0.883. The zero-order valence-corrected chi connectivity index (χ0v) is 12.5. The minimum atomic E-state index is -0.0244. The van der Waals surface area contributed by atoms with Crippen molar-refractivity contribution in [3.63, 3.8) is 0 Å². The lowest BCUT2D eigenvalue weighted by atomic mass is 9.99. The van der Waals surface area contributed by atoms with Crippen molar-refractivity contribution < 1.29 is 0 Å². The van der Waals surface area contributed by atoms with Gasteiger partial charge in [0.15, 0.2) is 0 Å². The molecule has 5 heteroatoms. The van der Waals surface area contributed by atoms with E-state index in [2.05, 4.69) is 17.3 Å². The van der Waals surface area contributed by atoms with Gasteiger partial charge in [0.2, 0.25) is 0 Å². The Balaban J connectivity index is 2.09. The second-order valence-corrected chi connectivity index (χ2v) is 5.58. The van der Waals surface area contributed by atoms with Gasteiger partial charge in [0.25, 0.3) is 0 Å². The first kappa shape index (κ1) is 14.1. The Morgan fingerprint density at radius 2 is 2.14 bits per heavy atom. The summed E-state index contributed by atoms with van der Waals surface area (Å²) in [6.07, 6.45) is 3.13. The Hall–Kier alpha value is -1.88. The predicted octanol–water partition coefficient (Wildman–Crippen LogP) is 1.91. The van der Waals surface area contributed by atoms with Crippen LogP contribution in [0, 0.1) is 0 Å². The number of hydrogen-bond acceptors (Lipinski definition) is 3. The van der Waals surface area contributed by atoms with E-state index in [1.807, 2.05) is 30.3 Å². The Morgan fingerprint density at radius 1 is 1.33 bits per heavy atom. The van der Waals surface area contributed by atoms with Gasteiger partial charge in [-0.2, -0.15) is 5.10 Å². The number of benzene rings is 1. The van der Waals surface area contributed by atoms with Crippen molar-refractivity contribution in [2.45, 2.75) is 38.6 Å². The molecule has 1 aliphatic heterocycles. The number of para-hydroxylation sites is 1. The Morgan fingerprint density at radius 3 is 2.81 bits per heavy atom. The third-order valence-corrected chi connectivity index (χ3v) is 3.98. The van der Waals surface area contributed by atoms with E-state index in [1.54, 1.807) is 9.25 Å². The molecule has 1 aliphatic rings. The van der Waals surface area contributed by atoms with Crippen molar-refractivity contribution in [2.75, 3.05) is 13.1 Å². The van der Waals surface area contributed by atoms with E-state index in [9.17, 15) is 4.79 Å². The molecular weight excluding hydrogens is 264 g/mol. The number of nitrogens with zero attached hydrogens (tertiary/aromatic N) is 3. The average Bonchev–Trinajstić information content (AvgIpc) is 2.86. The molecule has 21 heavy (non-hydrogen) atoms. The van der Waals surface area contributed by atoms with Crippen LogP contribution in [0.5, 0.6) is 0 Å². The Bertz CT molecular complexity index is 638. The summed E-state index contributed by atoms with van der Waals surface area (Å²) in [6.45, 7) is 4.69. The molecule has 1 aromatic heterocycles. The van der Waals surface area contributed by atoms with Gasteiger partial charge in [-0.3, -0.25) is 0 Å². The van der Waals surface area contributed by atoms with Gasteiger partial charge in [0.05, 0.1) is 5.69 Å². The van der Waals surface area contributed by atoms with E-state index in [0.717, 1.165) is 43.9 Å². The van der Waals surface area contributed by atoms with E-state index >= 15 is 0 Å². The molecule has 1 unspecified atom stereocenters. The van der Waals surface area contributed by atoms with Crippen LogP contribution in [0.25, 0.3) is 5.69 Å². The molecule has 1 N–H and O–H groups in total. The summed E-state index contributed by atoms with van der Waals surface area (Å²) >= 11 is 0. The van der Waals surface area contributed by atoms with Crippen molar-refractivity contribution in [1.29, 1.82) is 0 Å². The standard InChI is InChI=1S/C16H22N4O/c1-2-11-19-16(21)20(14-8-4-3-5-9-14)15(18-19)13-7-6-10-17-12-13/h3-5,8-9,13,17H,2,6-7,10-12H2,1H3. The molecule has 0 radical (unpaired) electrons. The van der Waals surface area contributed by atoms with Crippen LogP contribution >= 0.6 is 0 Å². The van der Waals surface area contributed by atoms with Crippen molar-refractivity contribution in [2.24, 2.45) is 0 Å². The molecule has 0 bridgehead atoms. The SMILES string of the molecule is CCCn1nc(C2CCCNC2)n(-c2ccccc2)c1=O. The molecule has 0 saturated carbocycles. The van der Waals surface area contributed by atoms with Gasteiger partial charge in [-0.15, -0.1) is 0 Å². The van der Waals surface area contributed by atoms with Crippen molar-refractivity contribution >= 4 is 0 Å². The van der Waals surface area contributed by atoms with Gasteiger partial charge in [0.1, 0.15) is 5.82 Å². The van der Waals surface area contributed by atoms with E-state index in [-0.39, 0.29) is 5.69 Å². The molecule has 1 aromatic carbocycles. The highest BCUT2D eigenvalue weighted by Crippen LogP contribution is 2.22. The maximum absolute atomic E-state index is 12.7. The van der Waals surface area contributed by atoms with E-state index < -0.39 is 0 Å². The van der Waals surface area contributed by atoms with E-state index in [1.165, 1.54) is 0 Å². The lowest BCUT2D eigenvalue weighted by Crippen LogP contribution is -2.31. The summed E-state index contributed by atoms with van der Waals surface area (Å²) in [7, 11) is 0. The number of piperidine rings is 1. The first-order valence-corrected chi connectivity index (χ1v) is 7.77. The molecule has 2 heterocycles. The van der Waals surface area contributed by atoms with Gasteiger partial charge >= 0.3 is 5.69 Å². The van der Waals surface area contributed by atoms with Crippen LogP contribution in [0.4, 0.5) is 0 Å². The van der Waals surface area contributed by atoms with E-state index in [0.29, 0.717) is 12.5 Å². The smallest absolute Gasteiger partial charge is 0.316 e. The molecular formula is C16H22N4O. The molecule has 3 rings (SSSR count). The van der Waals surface area contributed by atoms with Crippen LogP contribution in [0.1, 0.15) is 37.9 Å². The molecule has 1 saturated heterocycles. The number of hydrogen-bond donors (Lipinski definition) is 1. The highest BCUT2D eigenvalue weighted by molar-refractivity contribution is 5.33. The molecule has 2 aromatic rings. The first-order chi connectivity index (χ1) is 10.3. The molecule has 112 valence electrons. The van der Waals surface area contributed by atoms with Gasteiger partial charge in [-0.1, -0.05) is 25.1 Å². The van der Waals surface area contributed by atoms with Crippen LogP contribution in [0.15, 0.2) is 35.1 Å². The fourth-order valence-electron chi connectivity index (χ4n) is 2.94. The zero-order valence-electron chi connectivity index (χ0n) is 12.5. The first-order valence-electron chi connectivity index (χ1n) is 7.77. The third-order valence-electron chi connectivity index (χ3n) is 3.98. The van der Waals surface area contributed by atoms with Crippen molar-refractivity contribution in [3.05, 3.63) is 46.6 Å². The predicted molar refractivity (Wildman–Crippen MR) is 83.0 cm³/mol.